The lowest BCUT2D eigenvalue weighted by Gasteiger charge is -2.30. The van der Waals surface area contributed by atoms with Gasteiger partial charge in [0.15, 0.2) is 0 Å². The minimum atomic E-state index is -1.26. The van der Waals surface area contributed by atoms with Gasteiger partial charge >= 0.3 is 11.9 Å². The van der Waals surface area contributed by atoms with E-state index in [2.05, 4.69) is 10.2 Å². The summed E-state index contributed by atoms with van der Waals surface area (Å²) in [5, 5.41) is 28.0. The van der Waals surface area contributed by atoms with E-state index in [1.54, 1.807) is 13.8 Å². The Labute approximate surface area is 150 Å². The molecule has 1 aliphatic rings. The first-order chi connectivity index (χ1) is 11.9. The number of nitrogens with two attached hydrogens (primary N) is 1. The highest BCUT2D eigenvalue weighted by Crippen LogP contribution is 2.26. The third kappa shape index (κ3) is 11.0. The van der Waals surface area contributed by atoms with Crippen LogP contribution in [0.4, 0.5) is 0 Å². The summed E-state index contributed by atoms with van der Waals surface area (Å²) in [5.41, 5.74) is 4.72. The molecule has 2 atom stereocenters. The molecule has 0 aromatic carbocycles. The third-order valence-electron chi connectivity index (χ3n) is 3.54. The lowest BCUT2D eigenvalue weighted by molar-refractivity contribution is -0.771. The summed E-state index contributed by atoms with van der Waals surface area (Å²) in [6, 6.07) is 0. The first kappa shape index (κ1) is 23.3. The molecule has 0 saturated heterocycles. The van der Waals surface area contributed by atoms with E-state index >= 15 is 0 Å². The number of aliphatic carboxylic acids is 2. The molecule has 0 aromatic rings. The van der Waals surface area contributed by atoms with Crippen LogP contribution in [0.3, 0.4) is 0 Å². The molecule has 148 valence electrons. The Hall–Kier alpha value is -2.69. The fourth-order valence-electron chi connectivity index (χ4n) is 2.25. The maximum absolute atomic E-state index is 11.6. The van der Waals surface area contributed by atoms with Crippen LogP contribution in [0.25, 0.3) is 0 Å². The zero-order chi connectivity index (χ0) is 20.3. The van der Waals surface area contributed by atoms with E-state index in [-0.39, 0.29) is 11.8 Å². The average molecular weight is 375 g/mol. The van der Waals surface area contributed by atoms with Gasteiger partial charge in [0.1, 0.15) is 6.10 Å². The number of nitrogens with one attached hydrogen (secondary N) is 1. The Kier molecular flexibility index (Phi) is 9.89. The Morgan fingerprint density at radius 1 is 1.23 bits per heavy atom. The van der Waals surface area contributed by atoms with Crippen molar-refractivity contribution in [2.24, 2.45) is 11.7 Å². The van der Waals surface area contributed by atoms with Crippen molar-refractivity contribution in [2.75, 3.05) is 6.54 Å². The average Bonchev–Trinajstić information content (AvgIpc) is 2.51. The summed E-state index contributed by atoms with van der Waals surface area (Å²) in [5.74, 6) is -2.79. The summed E-state index contributed by atoms with van der Waals surface area (Å²) >= 11 is 0. The molecule has 5 N–H and O–H groups in total. The molecule has 0 aromatic heterocycles. The lowest BCUT2D eigenvalue weighted by atomic mass is 9.86. The van der Waals surface area contributed by atoms with Crippen molar-refractivity contribution in [1.29, 1.82) is 0 Å². The third-order valence-corrected chi connectivity index (χ3v) is 3.54. The maximum atomic E-state index is 11.6. The van der Waals surface area contributed by atoms with Crippen LogP contribution in [0.1, 0.15) is 39.5 Å². The number of rotatable bonds is 7. The quantitative estimate of drug-likeness (QED) is 0.276. The van der Waals surface area contributed by atoms with E-state index in [4.69, 9.17) is 15.9 Å². The molecule has 1 rings (SSSR count). The van der Waals surface area contributed by atoms with E-state index < -0.39 is 28.7 Å². The normalized spacial score (nSPS) is 19.8. The van der Waals surface area contributed by atoms with Gasteiger partial charge in [-0.15, -0.1) is 10.1 Å². The van der Waals surface area contributed by atoms with Gasteiger partial charge in [-0.3, -0.25) is 4.79 Å². The van der Waals surface area contributed by atoms with Crippen LogP contribution in [0.5, 0.6) is 0 Å². The van der Waals surface area contributed by atoms with Crippen LogP contribution < -0.4 is 11.1 Å². The zero-order valence-corrected chi connectivity index (χ0v) is 14.7. The van der Waals surface area contributed by atoms with Crippen LogP contribution in [-0.2, 0) is 19.2 Å². The molecule has 11 heteroatoms. The van der Waals surface area contributed by atoms with Crippen molar-refractivity contribution in [3.63, 3.8) is 0 Å². The van der Waals surface area contributed by atoms with Gasteiger partial charge in [-0.25, -0.2) is 9.59 Å². The Bertz CT molecular complexity index is 525. The Balaban J connectivity index is 0.000000660. The molecule has 1 fully saturated rings. The summed E-state index contributed by atoms with van der Waals surface area (Å²) in [6.07, 6.45) is 4.10. The lowest BCUT2D eigenvalue weighted by Crippen LogP contribution is -2.51. The number of carbonyl (C=O) groups excluding carboxylic acids is 1. The second-order valence-electron chi connectivity index (χ2n) is 6.35. The van der Waals surface area contributed by atoms with Crippen molar-refractivity contribution in [2.45, 2.75) is 51.2 Å². The molecule has 2 unspecified atom stereocenters. The van der Waals surface area contributed by atoms with Gasteiger partial charge in [-0.1, -0.05) is 12.8 Å². The molecular formula is C15H25N3O8. The van der Waals surface area contributed by atoms with Crippen molar-refractivity contribution in [3.05, 3.63) is 22.3 Å². The highest BCUT2D eigenvalue weighted by molar-refractivity contribution is 5.89. The van der Waals surface area contributed by atoms with Gasteiger partial charge < -0.3 is 26.1 Å². The fraction of sp³-hybridized carbons (Fsp3) is 0.667. The largest absolute Gasteiger partial charge is 0.478 e. The van der Waals surface area contributed by atoms with E-state index in [0.717, 1.165) is 19.3 Å². The van der Waals surface area contributed by atoms with Crippen LogP contribution in [0, 0.1) is 16.0 Å². The second kappa shape index (κ2) is 11.0. The number of carbonyl (C=O) groups is 3. The highest BCUT2D eigenvalue weighted by Gasteiger charge is 2.30. The summed E-state index contributed by atoms with van der Waals surface area (Å²) < 4.78 is 0. The number of amides is 1. The Morgan fingerprint density at radius 3 is 2.15 bits per heavy atom. The van der Waals surface area contributed by atoms with Gasteiger partial charge in [-0.05, 0) is 26.7 Å². The van der Waals surface area contributed by atoms with Gasteiger partial charge in [-0.2, -0.15) is 0 Å². The number of carboxylic acids is 2. The first-order valence-electron chi connectivity index (χ1n) is 7.95. The second-order valence-corrected chi connectivity index (χ2v) is 6.35. The van der Waals surface area contributed by atoms with Gasteiger partial charge in [0, 0.05) is 24.6 Å². The number of carboxylic acid groups (broad SMARTS) is 2. The monoisotopic (exact) mass is 375 g/mol. The van der Waals surface area contributed by atoms with Gasteiger partial charge in [0.2, 0.25) is 5.91 Å². The molecule has 1 aliphatic carbocycles. The highest BCUT2D eigenvalue weighted by atomic mass is 17.0. The summed E-state index contributed by atoms with van der Waals surface area (Å²) in [6.45, 7) is 3.61. The van der Waals surface area contributed by atoms with Gasteiger partial charge in [0.05, 0.1) is 5.54 Å². The van der Waals surface area contributed by atoms with Crippen molar-refractivity contribution >= 4 is 17.8 Å². The van der Waals surface area contributed by atoms with Crippen molar-refractivity contribution in [3.8, 4) is 0 Å². The van der Waals surface area contributed by atoms with Crippen molar-refractivity contribution < 1.29 is 34.5 Å². The number of nitrogens with zero attached hydrogens (tertiary/aromatic N) is 1. The summed E-state index contributed by atoms with van der Waals surface area (Å²) in [7, 11) is 0. The molecule has 1 amide bonds. The SMILES string of the molecule is CC(C)(N)C(=O)NCC1CCCCC1O[N+](=O)[O-].O=C(O)C=CC(=O)O. The van der Waals surface area contributed by atoms with Gasteiger partial charge in [0.25, 0.3) is 5.09 Å². The Morgan fingerprint density at radius 2 is 1.73 bits per heavy atom. The standard InChI is InChI=1S/C11H21N3O4.C4H4O4/c1-11(2,12)10(15)13-7-8-5-3-4-6-9(8)18-14(16)17;5-3(6)1-2-4(7)8/h8-9H,3-7,12H2,1-2H3,(H,13,15);1-2H,(H,5,6)(H,7,8). The molecule has 0 aliphatic heterocycles. The molecule has 11 nitrogen and oxygen atoms in total. The fourth-order valence-corrected chi connectivity index (χ4v) is 2.25. The molecule has 0 spiro atoms. The molecule has 26 heavy (non-hydrogen) atoms. The van der Waals surface area contributed by atoms with E-state index in [1.165, 1.54) is 0 Å². The topological polar surface area (TPSA) is 182 Å². The molecule has 0 heterocycles. The number of hydrogen-bond donors (Lipinski definition) is 4. The molecule has 0 radical (unpaired) electrons. The van der Waals surface area contributed by atoms with Crippen LogP contribution in [0.15, 0.2) is 12.2 Å². The zero-order valence-electron chi connectivity index (χ0n) is 14.7. The smallest absolute Gasteiger partial charge is 0.328 e. The number of hydrogen-bond acceptors (Lipinski definition) is 7. The van der Waals surface area contributed by atoms with E-state index in [9.17, 15) is 24.5 Å². The predicted octanol–water partition coefficient (Wildman–Crippen LogP) is 0.319. The minimum absolute atomic E-state index is 0.0181. The first-order valence-corrected chi connectivity index (χ1v) is 7.95. The minimum Gasteiger partial charge on any atom is -0.478 e. The maximum Gasteiger partial charge on any atom is 0.328 e. The van der Waals surface area contributed by atoms with Crippen LogP contribution in [0.2, 0.25) is 0 Å². The molecule has 0 bridgehead atoms. The predicted molar refractivity (Wildman–Crippen MR) is 89.5 cm³/mol. The van der Waals surface area contributed by atoms with E-state index in [0.29, 0.717) is 25.1 Å². The summed E-state index contributed by atoms with van der Waals surface area (Å²) in [4.78, 5) is 45.8. The molecule has 1 saturated carbocycles. The van der Waals surface area contributed by atoms with Crippen molar-refractivity contribution in [1.82, 2.24) is 5.32 Å². The van der Waals surface area contributed by atoms with E-state index in [1.807, 2.05) is 0 Å². The van der Waals surface area contributed by atoms with Crippen LogP contribution >= 0.6 is 0 Å². The van der Waals surface area contributed by atoms with Crippen LogP contribution in [-0.4, -0.2) is 51.3 Å². The molecular weight excluding hydrogens is 350 g/mol.